The summed E-state index contributed by atoms with van der Waals surface area (Å²) in [5.41, 5.74) is 3.27. The van der Waals surface area contributed by atoms with Crippen LogP contribution in [0.5, 0.6) is 0 Å². The summed E-state index contributed by atoms with van der Waals surface area (Å²) in [4.78, 5) is 12.5. The molecule has 2 aromatic rings. The Morgan fingerprint density at radius 3 is 2.50 bits per heavy atom. The van der Waals surface area contributed by atoms with Crippen LogP contribution >= 0.6 is 0 Å². The molecule has 1 fully saturated rings. The van der Waals surface area contributed by atoms with Crippen LogP contribution in [0.4, 0.5) is 4.79 Å². The Morgan fingerprint density at radius 1 is 1.30 bits per heavy atom. The summed E-state index contributed by atoms with van der Waals surface area (Å²) < 4.78 is 17.7. The molecule has 7 nitrogen and oxygen atoms in total. The molecular formula is C23H27N3O4. The summed E-state index contributed by atoms with van der Waals surface area (Å²) >= 11 is 0. The highest BCUT2D eigenvalue weighted by Crippen LogP contribution is 2.30. The van der Waals surface area contributed by atoms with Crippen LogP contribution in [0.3, 0.4) is 0 Å². The molecule has 7 heteroatoms. The fraction of sp³-hybridized carbons (Fsp3) is 0.435. The minimum absolute atomic E-state index is 0.0132. The molecule has 1 aliphatic heterocycles. The van der Waals surface area contributed by atoms with Crippen molar-refractivity contribution in [2.24, 2.45) is 7.05 Å². The molecule has 1 aromatic carbocycles. The van der Waals surface area contributed by atoms with Crippen LogP contribution in [0.15, 0.2) is 30.3 Å². The number of allylic oxidation sites excluding steroid dienone is 1. The first kappa shape index (κ1) is 21.6. The number of rotatable bonds is 4. The molecule has 1 saturated heterocycles. The molecule has 0 bridgehead atoms. The van der Waals surface area contributed by atoms with Crippen molar-refractivity contribution in [2.45, 2.75) is 45.6 Å². The number of benzene rings is 1. The molecule has 0 amide bonds. The predicted molar refractivity (Wildman–Crippen MR) is 112 cm³/mol. The lowest BCUT2D eigenvalue weighted by atomic mass is 9.86. The number of nitrogens with zero attached hydrogens (tertiary/aromatic N) is 3. The van der Waals surface area contributed by atoms with Crippen molar-refractivity contribution in [3.63, 3.8) is 0 Å². The van der Waals surface area contributed by atoms with E-state index < -0.39 is 6.16 Å². The maximum absolute atomic E-state index is 12.5. The highest BCUT2D eigenvalue weighted by Gasteiger charge is 2.25. The number of ether oxygens (including phenoxy) is 3. The Bertz CT molecular complexity index is 985. The van der Waals surface area contributed by atoms with Gasteiger partial charge >= 0.3 is 6.16 Å². The standard InChI is InChI=1S/C23H27N3O4/c1-15-12-20(26(5)25-15)21(30-22(27)29-18-10-11-28-14-18)19(13-24)16-6-8-17(9-7-16)23(2,3)4/h6-9,12,18H,10-11,14H2,1-5H3/b21-19-. The molecule has 1 aliphatic rings. The average Bonchev–Trinajstić information content (AvgIpc) is 3.30. The number of carbonyl (C=O) groups excluding carboxylic acids is 1. The Labute approximate surface area is 176 Å². The van der Waals surface area contributed by atoms with Crippen molar-refractivity contribution >= 4 is 17.5 Å². The van der Waals surface area contributed by atoms with E-state index in [-0.39, 0.29) is 22.9 Å². The number of aromatic nitrogens is 2. The first-order valence-electron chi connectivity index (χ1n) is 9.91. The maximum Gasteiger partial charge on any atom is 0.514 e. The number of carbonyl (C=O) groups is 1. The van der Waals surface area contributed by atoms with Crippen LogP contribution in [0.2, 0.25) is 0 Å². The lowest BCUT2D eigenvalue weighted by Crippen LogP contribution is -2.19. The zero-order valence-electron chi connectivity index (χ0n) is 18.1. The minimum atomic E-state index is -0.863. The zero-order chi connectivity index (χ0) is 21.9. The monoisotopic (exact) mass is 409 g/mol. The van der Waals surface area contributed by atoms with Gasteiger partial charge in [0.25, 0.3) is 0 Å². The van der Waals surface area contributed by atoms with Crippen LogP contribution in [0.25, 0.3) is 11.3 Å². The van der Waals surface area contributed by atoms with E-state index in [0.29, 0.717) is 30.9 Å². The molecule has 1 unspecified atom stereocenters. The number of nitriles is 1. The van der Waals surface area contributed by atoms with Crippen LogP contribution in [-0.2, 0) is 26.7 Å². The summed E-state index contributed by atoms with van der Waals surface area (Å²) in [5.74, 6) is 0.119. The SMILES string of the molecule is Cc1cc(/C(OC(=O)OC2CCOC2)=C(\C#N)c2ccc(C(C)(C)C)cc2)n(C)n1. The molecule has 0 N–H and O–H groups in total. The number of hydrogen-bond acceptors (Lipinski definition) is 6. The molecule has 0 radical (unpaired) electrons. The number of hydrogen-bond donors (Lipinski definition) is 0. The van der Waals surface area contributed by atoms with Crippen molar-refractivity contribution < 1.29 is 19.0 Å². The summed E-state index contributed by atoms with van der Waals surface area (Å²) in [7, 11) is 1.74. The van der Waals surface area contributed by atoms with Gasteiger partial charge in [-0.2, -0.15) is 10.4 Å². The maximum atomic E-state index is 12.5. The molecule has 2 heterocycles. The Balaban J connectivity index is 2.01. The van der Waals surface area contributed by atoms with E-state index in [1.54, 1.807) is 17.8 Å². The van der Waals surface area contributed by atoms with E-state index in [2.05, 4.69) is 31.9 Å². The summed E-state index contributed by atoms with van der Waals surface area (Å²) in [6.45, 7) is 9.10. The van der Waals surface area contributed by atoms with Gasteiger partial charge in [0.15, 0.2) is 5.76 Å². The zero-order valence-corrected chi connectivity index (χ0v) is 18.1. The third-order valence-corrected chi connectivity index (χ3v) is 4.95. The van der Waals surface area contributed by atoms with Crippen molar-refractivity contribution in [1.29, 1.82) is 5.26 Å². The fourth-order valence-electron chi connectivity index (χ4n) is 3.29. The van der Waals surface area contributed by atoms with Crippen LogP contribution in [0, 0.1) is 18.3 Å². The van der Waals surface area contributed by atoms with Crippen LogP contribution < -0.4 is 0 Å². The Hall–Kier alpha value is -3.11. The van der Waals surface area contributed by atoms with E-state index in [4.69, 9.17) is 14.2 Å². The van der Waals surface area contributed by atoms with E-state index in [9.17, 15) is 10.1 Å². The normalized spacial score (nSPS) is 17.3. The second-order valence-corrected chi connectivity index (χ2v) is 8.39. The number of aryl methyl sites for hydroxylation is 2. The van der Waals surface area contributed by atoms with E-state index in [0.717, 1.165) is 11.3 Å². The molecule has 30 heavy (non-hydrogen) atoms. The second-order valence-electron chi connectivity index (χ2n) is 8.39. The summed E-state index contributed by atoms with van der Waals surface area (Å²) in [6, 6.07) is 11.6. The predicted octanol–water partition coefficient (Wildman–Crippen LogP) is 4.36. The fourth-order valence-corrected chi connectivity index (χ4v) is 3.29. The van der Waals surface area contributed by atoms with E-state index >= 15 is 0 Å². The summed E-state index contributed by atoms with van der Waals surface area (Å²) in [5, 5.41) is 14.3. The first-order chi connectivity index (χ1) is 14.2. The summed E-state index contributed by atoms with van der Waals surface area (Å²) in [6.07, 6.45) is -0.583. The molecule has 0 aliphatic carbocycles. The van der Waals surface area contributed by atoms with Gasteiger partial charge in [-0.15, -0.1) is 0 Å². The average molecular weight is 409 g/mol. The van der Waals surface area contributed by atoms with Gasteiger partial charge in [-0.3, -0.25) is 4.68 Å². The van der Waals surface area contributed by atoms with Crippen LogP contribution in [0.1, 0.15) is 49.7 Å². The van der Waals surface area contributed by atoms with Crippen LogP contribution in [-0.4, -0.2) is 35.3 Å². The van der Waals surface area contributed by atoms with Gasteiger partial charge < -0.3 is 14.2 Å². The molecule has 1 atom stereocenters. The molecule has 1 aromatic heterocycles. The lowest BCUT2D eigenvalue weighted by molar-refractivity contribution is 0.0444. The Kier molecular flexibility index (Phi) is 6.28. The first-order valence-corrected chi connectivity index (χ1v) is 9.91. The van der Waals surface area contributed by atoms with Crippen molar-refractivity contribution in [1.82, 2.24) is 9.78 Å². The largest absolute Gasteiger partial charge is 0.514 e. The lowest BCUT2D eigenvalue weighted by Gasteiger charge is -2.19. The van der Waals surface area contributed by atoms with Gasteiger partial charge in [0.05, 0.1) is 18.9 Å². The quantitative estimate of drug-likeness (QED) is 0.424. The van der Waals surface area contributed by atoms with Gasteiger partial charge in [-0.1, -0.05) is 45.0 Å². The van der Waals surface area contributed by atoms with Gasteiger partial charge in [-0.05, 0) is 29.5 Å². The molecule has 158 valence electrons. The molecule has 3 rings (SSSR count). The van der Waals surface area contributed by atoms with E-state index in [1.165, 1.54) is 0 Å². The third kappa shape index (κ3) is 4.89. The van der Waals surface area contributed by atoms with Crippen molar-refractivity contribution in [3.05, 3.63) is 52.8 Å². The highest BCUT2D eigenvalue weighted by molar-refractivity contribution is 5.96. The van der Waals surface area contributed by atoms with Gasteiger partial charge in [0.2, 0.25) is 0 Å². The second kappa shape index (κ2) is 8.72. The van der Waals surface area contributed by atoms with Gasteiger partial charge in [0, 0.05) is 13.5 Å². The van der Waals surface area contributed by atoms with Gasteiger partial charge in [-0.25, -0.2) is 4.79 Å². The smallest absolute Gasteiger partial charge is 0.428 e. The van der Waals surface area contributed by atoms with E-state index in [1.807, 2.05) is 31.2 Å². The van der Waals surface area contributed by atoms with Crippen molar-refractivity contribution in [3.8, 4) is 6.07 Å². The highest BCUT2D eigenvalue weighted by atomic mass is 16.7. The van der Waals surface area contributed by atoms with Gasteiger partial charge in [0.1, 0.15) is 23.4 Å². The van der Waals surface area contributed by atoms with Crippen molar-refractivity contribution in [2.75, 3.05) is 13.2 Å². The molecule has 0 saturated carbocycles. The minimum Gasteiger partial charge on any atom is -0.428 e. The Morgan fingerprint density at radius 2 is 2.00 bits per heavy atom. The topological polar surface area (TPSA) is 86.4 Å². The third-order valence-electron chi connectivity index (χ3n) is 4.95. The molecule has 0 spiro atoms. The molecular weight excluding hydrogens is 382 g/mol.